The zero-order valence-electron chi connectivity index (χ0n) is 23.0. The number of rotatable bonds is 9. The van der Waals surface area contributed by atoms with Crippen LogP contribution in [0, 0.1) is 29.6 Å². The molecule has 0 bridgehead atoms. The van der Waals surface area contributed by atoms with Gasteiger partial charge in [-0.2, -0.15) is 10.5 Å². The average Bonchev–Trinajstić information content (AvgIpc) is 3.36. The lowest BCUT2D eigenvalue weighted by atomic mass is 9.94. The Hall–Kier alpha value is -4.50. The molecule has 2 aromatic carbocycles. The van der Waals surface area contributed by atoms with Gasteiger partial charge in [0.15, 0.2) is 0 Å². The third-order valence-corrected chi connectivity index (χ3v) is 9.44. The number of anilines is 3. The highest BCUT2D eigenvalue weighted by Gasteiger charge is 2.24. The first-order valence-electron chi connectivity index (χ1n) is 12.6. The predicted molar refractivity (Wildman–Crippen MR) is 163 cm³/mol. The molecule has 0 spiro atoms. The summed E-state index contributed by atoms with van der Waals surface area (Å²) in [5.74, 6) is -0.140. The van der Waals surface area contributed by atoms with Gasteiger partial charge in [-0.25, -0.2) is 13.4 Å². The van der Waals surface area contributed by atoms with Gasteiger partial charge in [0.05, 0.1) is 15.7 Å². The molecule has 42 heavy (non-hydrogen) atoms. The summed E-state index contributed by atoms with van der Waals surface area (Å²) < 4.78 is 27.6. The summed E-state index contributed by atoms with van der Waals surface area (Å²) in [7, 11) is -3.89. The molecule has 0 saturated carbocycles. The van der Waals surface area contributed by atoms with Gasteiger partial charge in [0.1, 0.15) is 33.6 Å². The van der Waals surface area contributed by atoms with Gasteiger partial charge < -0.3 is 11.1 Å². The summed E-state index contributed by atoms with van der Waals surface area (Å²) in [6.07, 6.45) is 0. The molecular formula is C28H26N8O3S3. The van der Waals surface area contributed by atoms with Crippen molar-refractivity contribution >= 4 is 55.7 Å². The van der Waals surface area contributed by atoms with E-state index < -0.39 is 21.2 Å². The first-order chi connectivity index (χ1) is 19.9. The quantitative estimate of drug-likeness (QED) is 0.208. The largest absolute Gasteiger partial charge is 0.383 e. The summed E-state index contributed by atoms with van der Waals surface area (Å²) in [6.45, 7) is 7.49. The fourth-order valence-corrected chi connectivity index (χ4v) is 6.64. The van der Waals surface area contributed by atoms with E-state index in [1.165, 1.54) is 24.3 Å². The Balaban J connectivity index is 1.53. The third-order valence-electron chi connectivity index (χ3n) is 6.12. The van der Waals surface area contributed by atoms with Crippen LogP contribution in [0.25, 0.3) is 11.1 Å². The number of carbonyl (C=O) groups is 1. The van der Waals surface area contributed by atoms with Crippen LogP contribution in [0.1, 0.15) is 48.4 Å². The van der Waals surface area contributed by atoms with E-state index in [-0.39, 0.29) is 32.0 Å². The molecule has 0 saturated heterocycles. The minimum Gasteiger partial charge on any atom is -0.383 e. The van der Waals surface area contributed by atoms with Crippen molar-refractivity contribution in [3.8, 4) is 23.3 Å². The number of nitriles is 2. The normalized spacial score (nSPS) is 11.9. The molecule has 4 aromatic rings. The maximum atomic E-state index is 13.0. The molecule has 214 valence electrons. The second kappa shape index (κ2) is 12.6. The van der Waals surface area contributed by atoms with Crippen LogP contribution in [0.4, 0.5) is 16.6 Å². The number of amides is 1. The number of thioether (sulfide) groups is 1. The lowest BCUT2D eigenvalue weighted by Crippen LogP contribution is -2.23. The zero-order chi connectivity index (χ0) is 30.6. The third kappa shape index (κ3) is 6.69. The van der Waals surface area contributed by atoms with Crippen molar-refractivity contribution in [3.05, 3.63) is 70.2 Å². The lowest BCUT2D eigenvalue weighted by Gasteiger charge is -2.16. The SMILES string of the molecule is Cc1nnc(NS(=O)(=O)c2ccc(NC(=O)C(C)Sc3nc(N)c(C#N)c(-c4ccc(C(C)C)cc4)c3C#N)cc2)s1. The number of hydrogen-bond donors (Lipinski definition) is 3. The van der Waals surface area contributed by atoms with Gasteiger partial charge >= 0.3 is 0 Å². The highest BCUT2D eigenvalue weighted by atomic mass is 32.2. The van der Waals surface area contributed by atoms with Crippen LogP contribution >= 0.6 is 23.1 Å². The number of pyridine rings is 1. The molecule has 1 amide bonds. The molecule has 1 unspecified atom stereocenters. The van der Waals surface area contributed by atoms with E-state index in [4.69, 9.17) is 5.73 Å². The Kier molecular flexibility index (Phi) is 9.11. The maximum Gasteiger partial charge on any atom is 0.263 e. The first kappa shape index (κ1) is 30.5. The van der Waals surface area contributed by atoms with Gasteiger partial charge in [-0.3, -0.25) is 9.52 Å². The monoisotopic (exact) mass is 618 g/mol. The van der Waals surface area contributed by atoms with E-state index >= 15 is 0 Å². The topological polar surface area (TPSA) is 188 Å². The summed E-state index contributed by atoms with van der Waals surface area (Å²) in [5.41, 5.74) is 8.86. The predicted octanol–water partition coefficient (Wildman–Crippen LogP) is 5.28. The molecule has 11 nitrogen and oxygen atoms in total. The van der Waals surface area contributed by atoms with E-state index in [2.05, 4.69) is 51.2 Å². The second-order valence-electron chi connectivity index (χ2n) is 9.43. The number of nitrogens with one attached hydrogen (secondary N) is 2. The van der Waals surface area contributed by atoms with Crippen LogP contribution in [0.2, 0.25) is 0 Å². The minimum absolute atomic E-state index is 0.0133. The Bertz CT molecular complexity index is 1820. The molecule has 0 fully saturated rings. The van der Waals surface area contributed by atoms with E-state index in [9.17, 15) is 23.7 Å². The van der Waals surface area contributed by atoms with E-state index in [1.807, 2.05) is 24.3 Å². The van der Waals surface area contributed by atoms with Crippen molar-refractivity contribution in [2.24, 2.45) is 0 Å². The molecular weight excluding hydrogens is 593 g/mol. The van der Waals surface area contributed by atoms with E-state index in [1.54, 1.807) is 13.8 Å². The van der Waals surface area contributed by atoms with Crippen molar-refractivity contribution in [3.63, 3.8) is 0 Å². The summed E-state index contributed by atoms with van der Waals surface area (Å²) in [6, 6.07) is 17.4. The smallest absolute Gasteiger partial charge is 0.263 e. The first-order valence-corrected chi connectivity index (χ1v) is 15.8. The zero-order valence-corrected chi connectivity index (χ0v) is 25.5. The van der Waals surface area contributed by atoms with Crippen molar-refractivity contribution < 1.29 is 13.2 Å². The number of carbonyl (C=O) groups excluding carboxylic acids is 1. The number of benzene rings is 2. The highest BCUT2D eigenvalue weighted by Crippen LogP contribution is 2.37. The van der Waals surface area contributed by atoms with Crippen molar-refractivity contribution in [2.45, 2.75) is 48.8 Å². The summed E-state index contributed by atoms with van der Waals surface area (Å²) in [4.78, 5) is 17.3. The molecule has 2 aromatic heterocycles. The Morgan fingerprint density at radius 1 is 1.00 bits per heavy atom. The molecule has 0 aliphatic heterocycles. The lowest BCUT2D eigenvalue weighted by molar-refractivity contribution is -0.115. The average molecular weight is 619 g/mol. The highest BCUT2D eigenvalue weighted by molar-refractivity contribution is 8.00. The second-order valence-corrected chi connectivity index (χ2v) is 13.6. The van der Waals surface area contributed by atoms with Crippen LogP contribution < -0.4 is 15.8 Å². The van der Waals surface area contributed by atoms with Crippen LogP contribution in [0.3, 0.4) is 0 Å². The molecule has 4 N–H and O–H groups in total. The van der Waals surface area contributed by atoms with Gasteiger partial charge in [0, 0.05) is 11.3 Å². The van der Waals surface area contributed by atoms with Gasteiger partial charge in [-0.05, 0) is 55.2 Å². The standard InChI is InChI=1S/C28H26N8O3S3/c1-15(2)18-5-7-19(8-6-18)24-22(13-29)25(31)33-27(23(24)14-30)40-16(3)26(37)32-20-9-11-21(12-10-20)42(38,39)36-28-35-34-17(4)41-28/h5-12,15-16H,1-4H3,(H2,31,33)(H,32,37)(H,35,36). The van der Waals surface area contributed by atoms with Gasteiger partial charge in [0.25, 0.3) is 10.0 Å². The molecule has 0 aliphatic rings. The van der Waals surface area contributed by atoms with Gasteiger partial charge in [0.2, 0.25) is 11.0 Å². The number of nitrogens with two attached hydrogens (primary N) is 1. The minimum atomic E-state index is -3.89. The van der Waals surface area contributed by atoms with Crippen LogP contribution in [-0.4, -0.2) is 34.8 Å². The molecule has 1 atom stereocenters. The summed E-state index contributed by atoms with van der Waals surface area (Å²) >= 11 is 2.14. The molecule has 14 heteroatoms. The number of aromatic nitrogens is 3. The number of nitrogen functional groups attached to an aromatic ring is 1. The molecule has 0 aliphatic carbocycles. The number of sulfonamides is 1. The maximum absolute atomic E-state index is 13.0. The Morgan fingerprint density at radius 3 is 2.19 bits per heavy atom. The molecule has 4 rings (SSSR count). The fourth-order valence-electron chi connectivity index (χ4n) is 3.90. The molecule has 0 radical (unpaired) electrons. The van der Waals surface area contributed by atoms with Crippen molar-refractivity contribution in [1.82, 2.24) is 15.2 Å². The van der Waals surface area contributed by atoms with Crippen LogP contribution in [0.5, 0.6) is 0 Å². The van der Waals surface area contributed by atoms with E-state index in [0.29, 0.717) is 27.7 Å². The van der Waals surface area contributed by atoms with Crippen LogP contribution in [0.15, 0.2) is 58.5 Å². The van der Waals surface area contributed by atoms with E-state index in [0.717, 1.165) is 28.7 Å². The number of aryl methyl sites for hydroxylation is 1. The molecule has 2 heterocycles. The van der Waals surface area contributed by atoms with Gasteiger partial charge in [-0.15, -0.1) is 10.2 Å². The fraction of sp³-hybridized carbons (Fsp3) is 0.214. The number of hydrogen-bond acceptors (Lipinski definition) is 11. The van der Waals surface area contributed by atoms with Gasteiger partial charge in [-0.1, -0.05) is 61.2 Å². The Labute approximate surface area is 251 Å². The summed E-state index contributed by atoms with van der Waals surface area (Å²) in [5, 5.41) is 30.4. The van der Waals surface area contributed by atoms with Crippen LogP contribution in [-0.2, 0) is 14.8 Å². The number of nitrogens with zero attached hydrogens (tertiary/aromatic N) is 5. The Morgan fingerprint density at radius 2 is 1.64 bits per heavy atom. The van der Waals surface area contributed by atoms with Crippen molar-refractivity contribution in [2.75, 3.05) is 15.8 Å². The van der Waals surface area contributed by atoms with Crippen molar-refractivity contribution in [1.29, 1.82) is 10.5 Å².